The molecule has 0 amide bonds. The van der Waals surface area contributed by atoms with Crippen molar-refractivity contribution in [1.29, 1.82) is 0 Å². The second kappa shape index (κ2) is 13.7. The molecule has 0 spiro atoms. The first-order valence-corrected chi connectivity index (χ1v) is 11.5. The quantitative estimate of drug-likeness (QED) is 0.165. The average Bonchev–Trinajstić information content (AvgIpc) is 2.81. The summed E-state index contributed by atoms with van der Waals surface area (Å²) in [6.45, 7) is 2.07. The van der Waals surface area contributed by atoms with Crippen LogP contribution in [0.15, 0.2) is 0 Å². The van der Waals surface area contributed by atoms with Crippen LogP contribution in [0.3, 0.4) is 0 Å². The third-order valence-corrected chi connectivity index (χ3v) is 6.58. The number of aliphatic hydroxyl groups is 6. The number of hydrogen-bond acceptors (Lipinski definition) is 13. The molecule has 6 N–H and O–H groups in total. The molecule has 0 bridgehead atoms. The van der Waals surface area contributed by atoms with Crippen LogP contribution in [0.25, 0.3) is 0 Å². The number of carbonyl (C=O) groups is 1. The normalized spacial score (nSPS) is 45.4. The zero-order valence-corrected chi connectivity index (χ0v) is 22.1. The van der Waals surface area contributed by atoms with Crippen molar-refractivity contribution in [2.45, 2.75) is 119 Å². The third-order valence-electron chi connectivity index (χ3n) is 6.58. The largest absolute Gasteiger partial charge is 1.00 e. The van der Waals surface area contributed by atoms with Gasteiger partial charge in [0.25, 0.3) is 0 Å². The Morgan fingerprint density at radius 2 is 1.46 bits per heavy atom. The molecule has 2 heterocycles. The fraction of sp³-hybridized carbons (Fsp3) is 0.952. The Labute approximate surface area is 225 Å². The molecule has 0 aromatic heterocycles. The summed E-state index contributed by atoms with van der Waals surface area (Å²) in [5.41, 5.74) is 0. The molecular weight excluding hydrogens is 483 g/mol. The summed E-state index contributed by atoms with van der Waals surface area (Å²) >= 11 is 0. The number of aliphatic hydroxyl groups excluding tert-OH is 6. The number of aliphatic carboxylic acids is 1. The summed E-state index contributed by atoms with van der Waals surface area (Å²) in [6.07, 6.45) is -13.7. The standard InChI is InChI=1S/C21H36O13.Na/c1-8-13(23)15(25)16(26)20(31-8)32-10-5-3-4-6-11(10)33-21-17(27)18(30-9(2)19(28)29)14(24)12(7-22)34-21;/h8-18,20-27H,3-7H2,1-2H3,(H,28,29);/q;+1/p-1/t8-,9+,10+,11+,12+,13+,14-,15+,16-,17+,18-,20-,21+;/m0./s1. The van der Waals surface area contributed by atoms with Crippen LogP contribution in [0.1, 0.15) is 39.5 Å². The molecule has 3 fully saturated rings. The van der Waals surface area contributed by atoms with Crippen molar-refractivity contribution >= 4 is 5.97 Å². The van der Waals surface area contributed by atoms with Crippen LogP contribution in [0.5, 0.6) is 0 Å². The molecule has 13 nitrogen and oxygen atoms in total. The minimum Gasteiger partial charge on any atom is -0.547 e. The Hall–Kier alpha value is 0.0300. The Morgan fingerprint density at radius 1 is 0.914 bits per heavy atom. The van der Waals surface area contributed by atoms with Gasteiger partial charge >= 0.3 is 29.6 Å². The van der Waals surface area contributed by atoms with Crippen LogP contribution in [0.2, 0.25) is 0 Å². The molecule has 2 aliphatic heterocycles. The van der Waals surface area contributed by atoms with Gasteiger partial charge in [-0.25, -0.2) is 0 Å². The fourth-order valence-electron chi connectivity index (χ4n) is 4.46. The van der Waals surface area contributed by atoms with Crippen LogP contribution < -0.4 is 34.7 Å². The van der Waals surface area contributed by atoms with Crippen molar-refractivity contribution in [2.75, 3.05) is 6.61 Å². The molecule has 14 heteroatoms. The maximum Gasteiger partial charge on any atom is 1.00 e. The molecule has 0 aromatic carbocycles. The Kier molecular flexibility index (Phi) is 12.2. The number of ether oxygens (including phenoxy) is 5. The van der Waals surface area contributed by atoms with Gasteiger partial charge < -0.3 is 64.2 Å². The number of carbonyl (C=O) groups excluding carboxylic acids is 1. The molecule has 1 aliphatic carbocycles. The smallest absolute Gasteiger partial charge is 0.547 e. The second-order valence-corrected chi connectivity index (χ2v) is 9.08. The van der Waals surface area contributed by atoms with Gasteiger partial charge in [-0.3, -0.25) is 0 Å². The number of rotatable bonds is 8. The molecule has 13 atom stereocenters. The number of carboxylic acids is 1. The van der Waals surface area contributed by atoms with E-state index in [4.69, 9.17) is 23.7 Å². The van der Waals surface area contributed by atoms with Crippen LogP contribution >= 0.6 is 0 Å². The molecule has 3 aliphatic rings. The maximum absolute atomic E-state index is 11.1. The SMILES string of the molecule is C[C@@H]1O[C@@H](O[C@@H]2CCCC[C@H]2O[C@@H]2O[C@H](CO)[C@H](O)[C@H](O[C@H](C)C(=O)[O-])[C@H]2O)[C@@H](O)[C@H](O)[C@@H]1O.[Na+]. The molecule has 0 unspecified atom stereocenters. The summed E-state index contributed by atoms with van der Waals surface area (Å²) in [6, 6.07) is 0. The molecule has 3 rings (SSSR count). The van der Waals surface area contributed by atoms with Gasteiger partial charge in [-0.15, -0.1) is 0 Å². The van der Waals surface area contributed by atoms with E-state index < -0.39 is 92.3 Å². The van der Waals surface area contributed by atoms with Gasteiger partial charge in [-0.1, -0.05) is 12.8 Å². The van der Waals surface area contributed by atoms with Gasteiger partial charge in [0.1, 0.15) is 42.7 Å². The van der Waals surface area contributed by atoms with Crippen LogP contribution in [0, 0.1) is 0 Å². The van der Waals surface area contributed by atoms with E-state index in [0.717, 1.165) is 12.8 Å². The van der Waals surface area contributed by atoms with E-state index in [1.54, 1.807) is 0 Å². The Balaban J connectivity index is 0.00000432. The Morgan fingerprint density at radius 3 is 1.97 bits per heavy atom. The fourth-order valence-corrected chi connectivity index (χ4v) is 4.46. The van der Waals surface area contributed by atoms with Crippen LogP contribution in [0.4, 0.5) is 0 Å². The molecule has 0 radical (unpaired) electrons. The summed E-state index contributed by atoms with van der Waals surface area (Å²) in [5, 5.41) is 71.9. The van der Waals surface area contributed by atoms with Crippen molar-refractivity contribution < 1.29 is 93.8 Å². The van der Waals surface area contributed by atoms with E-state index in [-0.39, 0.29) is 29.6 Å². The van der Waals surface area contributed by atoms with E-state index in [1.165, 1.54) is 13.8 Å². The molecule has 198 valence electrons. The number of carboxylic acid groups (broad SMARTS) is 1. The summed E-state index contributed by atoms with van der Waals surface area (Å²) in [7, 11) is 0. The zero-order chi connectivity index (χ0) is 25.2. The van der Waals surface area contributed by atoms with Gasteiger partial charge in [0.15, 0.2) is 12.6 Å². The minimum absolute atomic E-state index is 0. The maximum atomic E-state index is 11.1. The molecule has 2 saturated heterocycles. The van der Waals surface area contributed by atoms with Crippen molar-refractivity contribution in [3.05, 3.63) is 0 Å². The first-order valence-electron chi connectivity index (χ1n) is 11.5. The van der Waals surface area contributed by atoms with Crippen molar-refractivity contribution in [3.8, 4) is 0 Å². The van der Waals surface area contributed by atoms with Crippen molar-refractivity contribution in [2.24, 2.45) is 0 Å². The third kappa shape index (κ3) is 7.33. The van der Waals surface area contributed by atoms with Gasteiger partial charge in [0.05, 0.1) is 37.0 Å². The van der Waals surface area contributed by atoms with Gasteiger partial charge in [0, 0.05) is 0 Å². The van der Waals surface area contributed by atoms with Gasteiger partial charge in [-0.2, -0.15) is 0 Å². The van der Waals surface area contributed by atoms with Gasteiger partial charge in [0.2, 0.25) is 0 Å². The first kappa shape index (κ1) is 31.2. The summed E-state index contributed by atoms with van der Waals surface area (Å²) in [5.74, 6) is -1.54. The van der Waals surface area contributed by atoms with E-state index in [9.17, 15) is 40.5 Å². The van der Waals surface area contributed by atoms with Crippen molar-refractivity contribution in [1.82, 2.24) is 0 Å². The van der Waals surface area contributed by atoms with Crippen LogP contribution in [-0.2, 0) is 28.5 Å². The molecule has 0 aromatic rings. The molecule has 35 heavy (non-hydrogen) atoms. The monoisotopic (exact) mass is 518 g/mol. The van der Waals surface area contributed by atoms with Crippen molar-refractivity contribution in [3.63, 3.8) is 0 Å². The van der Waals surface area contributed by atoms with E-state index in [2.05, 4.69) is 0 Å². The molecular formula is C21H35NaO13. The predicted octanol–water partition coefficient (Wildman–Crippen LogP) is -6.88. The summed E-state index contributed by atoms with van der Waals surface area (Å²) in [4.78, 5) is 11.1. The van der Waals surface area contributed by atoms with Crippen LogP contribution in [-0.4, -0.2) is 123 Å². The predicted molar refractivity (Wildman–Crippen MR) is 108 cm³/mol. The van der Waals surface area contributed by atoms with E-state index in [1.807, 2.05) is 0 Å². The molecule has 1 saturated carbocycles. The minimum atomic E-state index is -1.60. The Bertz CT molecular complexity index is 671. The van der Waals surface area contributed by atoms with Gasteiger partial charge in [-0.05, 0) is 26.7 Å². The summed E-state index contributed by atoms with van der Waals surface area (Å²) < 4.78 is 28.1. The average molecular weight is 518 g/mol. The number of hydrogen-bond donors (Lipinski definition) is 6. The second-order valence-electron chi connectivity index (χ2n) is 9.08. The van der Waals surface area contributed by atoms with E-state index >= 15 is 0 Å². The zero-order valence-electron chi connectivity index (χ0n) is 20.1. The van der Waals surface area contributed by atoms with E-state index in [0.29, 0.717) is 12.8 Å². The first-order chi connectivity index (χ1) is 16.0. The topological polar surface area (TPSA) is 208 Å².